The number of amides is 1. The van der Waals surface area contributed by atoms with Crippen molar-refractivity contribution in [1.29, 1.82) is 0 Å². The fourth-order valence-corrected chi connectivity index (χ4v) is 1.81. The monoisotopic (exact) mass is 296 g/mol. The van der Waals surface area contributed by atoms with Crippen LogP contribution in [-0.2, 0) is 11.3 Å². The van der Waals surface area contributed by atoms with Crippen molar-refractivity contribution in [1.82, 2.24) is 10.6 Å². The summed E-state index contributed by atoms with van der Waals surface area (Å²) in [7, 11) is 2.96. The Morgan fingerprint density at radius 3 is 2.33 bits per heavy atom. The number of ether oxygens (including phenoxy) is 2. The number of phenols is 1. The number of nitrogens with one attached hydrogen (secondary N) is 2. The highest BCUT2D eigenvalue weighted by Gasteiger charge is 2.14. The van der Waals surface area contributed by atoms with E-state index < -0.39 is 0 Å². The summed E-state index contributed by atoms with van der Waals surface area (Å²) >= 11 is 0. The maximum atomic E-state index is 11.8. The highest BCUT2D eigenvalue weighted by atomic mass is 16.5. The second-order valence-corrected chi connectivity index (χ2v) is 4.74. The van der Waals surface area contributed by atoms with Gasteiger partial charge in [0.2, 0.25) is 11.7 Å². The van der Waals surface area contributed by atoms with E-state index in [0.29, 0.717) is 24.6 Å². The number of rotatable bonds is 8. The van der Waals surface area contributed by atoms with Crippen LogP contribution in [0.25, 0.3) is 0 Å². The average molecular weight is 296 g/mol. The molecule has 0 heterocycles. The van der Waals surface area contributed by atoms with Crippen LogP contribution in [0.3, 0.4) is 0 Å². The Morgan fingerprint density at radius 2 is 1.86 bits per heavy atom. The van der Waals surface area contributed by atoms with Gasteiger partial charge < -0.3 is 25.2 Å². The lowest BCUT2D eigenvalue weighted by Gasteiger charge is -2.15. The van der Waals surface area contributed by atoms with E-state index in [4.69, 9.17) is 9.47 Å². The van der Waals surface area contributed by atoms with E-state index in [0.717, 1.165) is 12.0 Å². The molecule has 1 aromatic rings. The summed E-state index contributed by atoms with van der Waals surface area (Å²) in [6, 6.07) is 3.12. The third kappa shape index (κ3) is 4.82. The minimum absolute atomic E-state index is 0.0301. The second-order valence-electron chi connectivity index (χ2n) is 4.74. The molecule has 0 bridgehead atoms. The van der Waals surface area contributed by atoms with E-state index in [1.807, 2.05) is 6.92 Å². The smallest absolute Gasteiger partial charge is 0.236 e. The average Bonchev–Trinajstić information content (AvgIpc) is 2.50. The molecule has 1 unspecified atom stereocenters. The van der Waals surface area contributed by atoms with Crippen LogP contribution < -0.4 is 20.1 Å². The topological polar surface area (TPSA) is 79.8 Å². The number of hydrogen-bond acceptors (Lipinski definition) is 5. The molecule has 0 spiro atoms. The number of carbonyl (C=O) groups excluding carboxylic acids is 1. The van der Waals surface area contributed by atoms with Crippen molar-refractivity contribution in [2.45, 2.75) is 32.9 Å². The van der Waals surface area contributed by atoms with Crippen molar-refractivity contribution in [2.24, 2.45) is 0 Å². The molecule has 1 atom stereocenters. The maximum Gasteiger partial charge on any atom is 0.236 e. The first-order valence-corrected chi connectivity index (χ1v) is 6.98. The van der Waals surface area contributed by atoms with Crippen molar-refractivity contribution in [3.8, 4) is 17.2 Å². The van der Waals surface area contributed by atoms with E-state index in [1.165, 1.54) is 14.2 Å². The molecule has 21 heavy (non-hydrogen) atoms. The van der Waals surface area contributed by atoms with Gasteiger partial charge >= 0.3 is 0 Å². The standard InChI is InChI=1S/C15H24N2O4/c1-5-6-16-15(19)10(2)17-9-11-7-12(20-3)14(18)13(8-11)21-4/h7-8,10,17-18H,5-6,9H2,1-4H3,(H,16,19). The van der Waals surface area contributed by atoms with E-state index in [-0.39, 0.29) is 17.7 Å². The Bertz CT molecular complexity index is 452. The molecule has 118 valence electrons. The summed E-state index contributed by atoms with van der Waals surface area (Å²) in [4.78, 5) is 11.8. The minimum Gasteiger partial charge on any atom is -0.502 e. The third-order valence-electron chi connectivity index (χ3n) is 3.09. The van der Waals surface area contributed by atoms with Gasteiger partial charge in [-0.05, 0) is 31.0 Å². The molecule has 6 heteroatoms. The van der Waals surface area contributed by atoms with Gasteiger partial charge in [-0.25, -0.2) is 0 Å². The van der Waals surface area contributed by atoms with Gasteiger partial charge in [-0.1, -0.05) is 6.92 Å². The van der Waals surface area contributed by atoms with Gasteiger partial charge in [-0.15, -0.1) is 0 Å². The van der Waals surface area contributed by atoms with Crippen LogP contribution in [0, 0.1) is 0 Å². The molecular weight excluding hydrogens is 272 g/mol. The zero-order valence-corrected chi connectivity index (χ0v) is 13.0. The van der Waals surface area contributed by atoms with Crippen LogP contribution in [-0.4, -0.2) is 37.8 Å². The lowest BCUT2D eigenvalue weighted by atomic mass is 10.1. The molecule has 0 radical (unpaired) electrons. The molecule has 1 amide bonds. The number of carbonyl (C=O) groups is 1. The van der Waals surface area contributed by atoms with E-state index in [9.17, 15) is 9.90 Å². The third-order valence-corrected chi connectivity index (χ3v) is 3.09. The largest absolute Gasteiger partial charge is 0.502 e. The minimum atomic E-state index is -0.303. The summed E-state index contributed by atoms with van der Waals surface area (Å²) in [6.07, 6.45) is 0.908. The molecular formula is C15H24N2O4. The molecule has 3 N–H and O–H groups in total. The van der Waals surface area contributed by atoms with Gasteiger partial charge in [0.25, 0.3) is 0 Å². The van der Waals surface area contributed by atoms with Crippen molar-refractivity contribution in [3.63, 3.8) is 0 Å². The van der Waals surface area contributed by atoms with E-state index >= 15 is 0 Å². The Balaban J connectivity index is 2.68. The number of phenolic OH excluding ortho intramolecular Hbond substituents is 1. The van der Waals surface area contributed by atoms with Crippen molar-refractivity contribution in [3.05, 3.63) is 17.7 Å². The quantitative estimate of drug-likeness (QED) is 0.676. The van der Waals surface area contributed by atoms with Gasteiger partial charge in [-0.2, -0.15) is 0 Å². The molecule has 0 aliphatic carbocycles. The summed E-state index contributed by atoms with van der Waals surface area (Å²) < 4.78 is 10.2. The second kappa shape index (κ2) is 8.36. The predicted molar refractivity (Wildman–Crippen MR) is 80.8 cm³/mol. The fraction of sp³-hybridized carbons (Fsp3) is 0.533. The number of methoxy groups -OCH3 is 2. The zero-order chi connectivity index (χ0) is 15.8. The van der Waals surface area contributed by atoms with Gasteiger partial charge in [0.1, 0.15) is 0 Å². The van der Waals surface area contributed by atoms with Crippen LogP contribution in [0.1, 0.15) is 25.8 Å². The molecule has 1 rings (SSSR count). The maximum absolute atomic E-state index is 11.8. The first-order valence-electron chi connectivity index (χ1n) is 6.98. The van der Waals surface area contributed by atoms with E-state index in [1.54, 1.807) is 19.1 Å². The normalized spacial score (nSPS) is 11.8. The molecule has 0 aliphatic heterocycles. The Kier molecular flexibility index (Phi) is 6.81. The van der Waals surface area contributed by atoms with Crippen LogP contribution in [0.2, 0.25) is 0 Å². The summed E-state index contributed by atoms with van der Waals surface area (Å²) in [5.74, 6) is 0.621. The fourth-order valence-electron chi connectivity index (χ4n) is 1.81. The van der Waals surface area contributed by atoms with Gasteiger partial charge in [0.15, 0.2) is 11.5 Å². The predicted octanol–water partition coefficient (Wildman–Crippen LogP) is 1.41. The molecule has 0 aromatic heterocycles. The lowest BCUT2D eigenvalue weighted by molar-refractivity contribution is -0.122. The highest BCUT2D eigenvalue weighted by Crippen LogP contribution is 2.36. The van der Waals surface area contributed by atoms with Crippen molar-refractivity contribution in [2.75, 3.05) is 20.8 Å². The molecule has 0 saturated heterocycles. The summed E-state index contributed by atoms with van der Waals surface area (Å²) in [6.45, 7) is 4.95. The Labute approximate surface area is 125 Å². The van der Waals surface area contributed by atoms with Gasteiger partial charge in [0.05, 0.1) is 20.3 Å². The highest BCUT2D eigenvalue weighted by molar-refractivity contribution is 5.81. The SMILES string of the molecule is CCCNC(=O)C(C)NCc1cc(OC)c(O)c(OC)c1. The lowest BCUT2D eigenvalue weighted by Crippen LogP contribution is -2.42. The first kappa shape index (κ1) is 17.1. The molecule has 0 aliphatic rings. The Hall–Kier alpha value is -1.95. The summed E-state index contributed by atoms with van der Waals surface area (Å²) in [5, 5.41) is 15.8. The first-order chi connectivity index (χ1) is 10.0. The van der Waals surface area contributed by atoms with Crippen molar-refractivity contribution >= 4 is 5.91 Å². The molecule has 0 fully saturated rings. The molecule has 6 nitrogen and oxygen atoms in total. The van der Waals surface area contributed by atoms with Crippen LogP contribution in [0.15, 0.2) is 12.1 Å². The van der Waals surface area contributed by atoms with Crippen molar-refractivity contribution < 1.29 is 19.4 Å². The van der Waals surface area contributed by atoms with Crippen LogP contribution in [0.5, 0.6) is 17.2 Å². The van der Waals surface area contributed by atoms with Gasteiger partial charge in [-0.3, -0.25) is 4.79 Å². The summed E-state index contributed by atoms with van der Waals surface area (Å²) in [5.41, 5.74) is 0.858. The molecule has 0 saturated carbocycles. The van der Waals surface area contributed by atoms with Gasteiger partial charge in [0, 0.05) is 13.1 Å². The number of hydrogen-bond donors (Lipinski definition) is 3. The van der Waals surface area contributed by atoms with Crippen LogP contribution >= 0.6 is 0 Å². The van der Waals surface area contributed by atoms with E-state index in [2.05, 4.69) is 10.6 Å². The number of aromatic hydroxyl groups is 1. The number of benzene rings is 1. The van der Waals surface area contributed by atoms with Crippen LogP contribution in [0.4, 0.5) is 0 Å². The zero-order valence-electron chi connectivity index (χ0n) is 13.0. The molecule has 1 aromatic carbocycles. The Morgan fingerprint density at radius 1 is 1.29 bits per heavy atom.